The van der Waals surface area contributed by atoms with Gasteiger partial charge in [-0.25, -0.2) is 9.37 Å². The smallest absolute Gasteiger partial charge is 0.219 e. The van der Waals surface area contributed by atoms with Crippen molar-refractivity contribution < 1.29 is 13.9 Å². The van der Waals surface area contributed by atoms with E-state index in [1.54, 1.807) is 19.4 Å². The van der Waals surface area contributed by atoms with Gasteiger partial charge in [-0.3, -0.25) is 0 Å². The Labute approximate surface area is 123 Å². The molecule has 0 amide bonds. The molecule has 1 N–H and O–H groups in total. The van der Waals surface area contributed by atoms with Gasteiger partial charge in [-0.1, -0.05) is 6.07 Å². The molecule has 0 aliphatic rings. The molecular formula is C16H19FN2O2. The first kappa shape index (κ1) is 15.3. The highest BCUT2D eigenvalue weighted by Gasteiger charge is 2.12. The fraction of sp³-hybridized carbons (Fsp3) is 0.312. The number of benzene rings is 1. The predicted octanol–water partition coefficient (Wildman–Crippen LogP) is 3.09. The van der Waals surface area contributed by atoms with Crippen molar-refractivity contribution in [1.82, 2.24) is 10.3 Å². The maximum atomic E-state index is 13.4. The molecule has 0 spiro atoms. The summed E-state index contributed by atoms with van der Waals surface area (Å²) in [5, 5.41) is 3.12. The van der Waals surface area contributed by atoms with Crippen LogP contribution in [0.25, 0.3) is 0 Å². The van der Waals surface area contributed by atoms with Crippen molar-refractivity contribution in [3.05, 3.63) is 53.5 Å². The van der Waals surface area contributed by atoms with Crippen LogP contribution in [0.2, 0.25) is 0 Å². The zero-order valence-electron chi connectivity index (χ0n) is 12.4. The molecule has 1 aromatic carbocycles. The number of aromatic nitrogens is 1. The van der Waals surface area contributed by atoms with E-state index in [0.29, 0.717) is 11.6 Å². The first-order valence-electron chi connectivity index (χ1n) is 6.73. The molecule has 1 aromatic heterocycles. The van der Waals surface area contributed by atoms with E-state index >= 15 is 0 Å². The van der Waals surface area contributed by atoms with Gasteiger partial charge in [-0.15, -0.1) is 0 Å². The molecule has 0 saturated carbocycles. The molecule has 4 nitrogen and oxygen atoms in total. The number of methoxy groups -OCH3 is 1. The second-order valence-electron chi connectivity index (χ2n) is 4.65. The highest BCUT2D eigenvalue weighted by Crippen LogP contribution is 2.27. The zero-order valence-corrected chi connectivity index (χ0v) is 12.4. The Bertz CT molecular complexity index is 605. The normalized spacial score (nSPS) is 12.0. The Morgan fingerprint density at radius 1 is 1.33 bits per heavy atom. The molecule has 0 fully saturated rings. The lowest BCUT2D eigenvalue weighted by Gasteiger charge is -2.17. The Hall–Kier alpha value is -2.14. The molecule has 0 radical (unpaired) electrons. The maximum Gasteiger partial charge on any atom is 0.219 e. The van der Waals surface area contributed by atoms with Gasteiger partial charge in [0.1, 0.15) is 18.2 Å². The molecule has 21 heavy (non-hydrogen) atoms. The number of rotatable bonds is 6. The fourth-order valence-corrected chi connectivity index (χ4v) is 2.02. The number of pyridine rings is 1. The molecule has 2 rings (SSSR count). The fourth-order valence-electron chi connectivity index (χ4n) is 2.02. The summed E-state index contributed by atoms with van der Waals surface area (Å²) in [5.74, 6) is 0.704. The molecule has 0 bridgehead atoms. The van der Waals surface area contributed by atoms with E-state index in [1.165, 1.54) is 12.1 Å². The van der Waals surface area contributed by atoms with Crippen molar-refractivity contribution in [2.24, 2.45) is 0 Å². The van der Waals surface area contributed by atoms with Crippen molar-refractivity contribution in [2.75, 3.05) is 14.2 Å². The SMILES string of the molecule is CNC(C)c1ccc(F)cc1OCc1cccnc1OC. The third kappa shape index (κ3) is 3.70. The van der Waals surface area contributed by atoms with Crippen molar-refractivity contribution in [2.45, 2.75) is 19.6 Å². The molecular weight excluding hydrogens is 271 g/mol. The molecule has 2 aromatic rings. The molecule has 5 heteroatoms. The molecule has 0 saturated heterocycles. The van der Waals surface area contributed by atoms with Crippen LogP contribution in [0.4, 0.5) is 4.39 Å². The summed E-state index contributed by atoms with van der Waals surface area (Å²) in [5.41, 5.74) is 1.72. The topological polar surface area (TPSA) is 43.4 Å². The second-order valence-corrected chi connectivity index (χ2v) is 4.65. The van der Waals surface area contributed by atoms with E-state index < -0.39 is 0 Å². The van der Waals surface area contributed by atoms with Gasteiger partial charge in [0.05, 0.1) is 12.7 Å². The van der Waals surface area contributed by atoms with Crippen LogP contribution in [0.5, 0.6) is 11.6 Å². The van der Waals surface area contributed by atoms with Crippen LogP contribution in [0.15, 0.2) is 36.5 Å². The second kappa shape index (κ2) is 7.04. The summed E-state index contributed by atoms with van der Waals surface area (Å²) in [6.07, 6.45) is 1.65. The van der Waals surface area contributed by atoms with Crippen LogP contribution in [-0.4, -0.2) is 19.1 Å². The van der Waals surface area contributed by atoms with Crippen LogP contribution >= 0.6 is 0 Å². The first-order valence-corrected chi connectivity index (χ1v) is 6.73. The number of nitrogens with zero attached hydrogens (tertiary/aromatic N) is 1. The minimum atomic E-state index is -0.324. The van der Waals surface area contributed by atoms with Crippen LogP contribution < -0.4 is 14.8 Å². The largest absolute Gasteiger partial charge is 0.488 e. The standard InChI is InChI=1S/C16H19FN2O2/c1-11(18-2)14-7-6-13(17)9-15(14)21-10-12-5-4-8-19-16(12)20-3/h4-9,11,18H,10H2,1-3H3. The average Bonchev–Trinajstić information content (AvgIpc) is 2.52. The van der Waals surface area contributed by atoms with E-state index in [9.17, 15) is 4.39 Å². The van der Waals surface area contributed by atoms with Crippen LogP contribution in [0.1, 0.15) is 24.1 Å². The van der Waals surface area contributed by atoms with E-state index in [4.69, 9.17) is 9.47 Å². The van der Waals surface area contributed by atoms with Crippen molar-refractivity contribution >= 4 is 0 Å². The molecule has 1 heterocycles. The number of halogens is 1. The Morgan fingerprint density at radius 2 is 2.14 bits per heavy atom. The lowest BCUT2D eigenvalue weighted by atomic mass is 10.1. The Balaban J connectivity index is 2.21. The summed E-state index contributed by atoms with van der Waals surface area (Å²) >= 11 is 0. The third-order valence-corrected chi connectivity index (χ3v) is 3.30. The molecule has 0 aliphatic carbocycles. The van der Waals surface area contributed by atoms with E-state index in [0.717, 1.165) is 11.1 Å². The van der Waals surface area contributed by atoms with Gasteiger partial charge in [0.15, 0.2) is 0 Å². The summed E-state index contributed by atoms with van der Waals surface area (Å²) in [6.45, 7) is 2.26. The summed E-state index contributed by atoms with van der Waals surface area (Å²) < 4.78 is 24.4. The van der Waals surface area contributed by atoms with Crippen LogP contribution in [-0.2, 0) is 6.61 Å². The zero-order chi connectivity index (χ0) is 15.2. The average molecular weight is 290 g/mol. The van der Waals surface area contributed by atoms with Crippen LogP contribution in [0, 0.1) is 5.82 Å². The van der Waals surface area contributed by atoms with Gasteiger partial charge in [-0.05, 0) is 32.2 Å². The summed E-state index contributed by atoms with van der Waals surface area (Å²) in [6, 6.07) is 8.30. The molecule has 1 atom stereocenters. The number of hydrogen-bond acceptors (Lipinski definition) is 4. The first-order chi connectivity index (χ1) is 10.2. The maximum absolute atomic E-state index is 13.4. The third-order valence-electron chi connectivity index (χ3n) is 3.30. The quantitative estimate of drug-likeness (QED) is 0.888. The van der Waals surface area contributed by atoms with Crippen molar-refractivity contribution in [1.29, 1.82) is 0 Å². The van der Waals surface area contributed by atoms with Gasteiger partial charge < -0.3 is 14.8 Å². The van der Waals surface area contributed by atoms with E-state index in [1.807, 2.05) is 26.1 Å². The van der Waals surface area contributed by atoms with Crippen LogP contribution in [0.3, 0.4) is 0 Å². The minimum absolute atomic E-state index is 0.0661. The van der Waals surface area contributed by atoms with Gasteiger partial charge in [-0.2, -0.15) is 0 Å². The van der Waals surface area contributed by atoms with Crippen molar-refractivity contribution in [3.8, 4) is 11.6 Å². The molecule has 1 unspecified atom stereocenters. The van der Waals surface area contributed by atoms with Gasteiger partial charge in [0, 0.05) is 23.9 Å². The Kier molecular flexibility index (Phi) is 5.11. The van der Waals surface area contributed by atoms with Crippen molar-refractivity contribution in [3.63, 3.8) is 0 Å². The van der Waals surface area contributed by atoms with E-state index in [-0.39, 0.29) is 18.5 Å². The highest BCUT2D eigenvalue weighted by atomic mass is 19.1. The lowest BCUT2D eigenvalue weighted by Crippen LogP contribution is -2.14. The molecule has 0 aliphatic heterocycles. The number of nitrogens with one attached hydrogen (secondary N) is 1. The van der Waals surface area contributed by atoms with Gasteiger partial charge in [0.25, 0.3) is 0 Å². The minimum Gasteiger partial charge on any atom is -0.488 e. The van der Waals surface area contributed by atoms with E-state index in [2.05, 4.69) is 10.3 Å². The summed E-state index contributed by atoms with van der Waals surface area (Å²) in [7, 11) is 3.41. The number of hydrogen-bond donors (Lipinski definition) is 1. The summed E-state index contributed by atoms with van der Waals surface area (Å²) in [4.78, 5) is 4.11. The number of ether oxygens (including phenoxy) is 2. The monoisotopic (exact) mass is 290 g/mol. The predicted molar refractivity (Wildman–Crippen MR) is 79.0 cm³/mol. The Morgan fingerprint density at radius 3 is 2.86 bits per heavy atom. The lowest BCUT2D eigenvalue weighted by molar-refractivity contribution is 0.287. The highest BCUT2D eigenvalue weighted by molar-refractivity contribution is 5.37. The van der Waals surface area contributed by atoms with Gasteiger partial charge in [0.2, 0.25) is 5.88 Å². The van der Waals surface area contributed by atoms with Gasteiger partial charge >= 0.3 is 0 Å². The molecule has 112 valence electrons.